The Morgan fingerprint density at radius 1 is 1.18 bits per heavy atom. The molecule has 2 fully saturated rings. The summed E-state index contributed by atoms with van der Waals surface area (Å²) in [6.45, 7) is 0. The number of rotatable bonds is 5. The molecule has 3 rings (SSSR count). The highest BCUT2D eigenvalue weighted by Crippen LogP contribution is 2.35. The minimum Gasteiger partial charge on any atom is -0.384 e. The number of carbonyl (C=O) groups excluding carboxylic acids is 1. The minimum absolute atomic E-state index is 0.0295. The van der Waals surface area contributed by atoms with Crippen LogP contribution >= 0.6 is 11.8 Å². The van der Waals surface area contributed by atoms with Crippen LogP contribution in [0.3, 0.4) is 0 Å². The number of nitrogens with two attached hydrogens (primary N) is 1. The molecule has 0 atom stereocenters. The van der Waals surface area contributed by atoms with Gasteiger partial charge < -0.3 is 5.73 Å². The van der Waals surface area contributed by atoms with Crippen LogP contribution in [0.15, 0.2) is 9.59 Å². The standard InChI is InChI=1S/C15H21N3O3S/c16-13-12(11(19)8-22-10-4-2-1-3-5-10)14(20)17-15(21)18(13)9-6-7-9/h9-10H,1-8,16H2,(H,17,20,21). The Morgan fingerprint density at radius 2 is 1.86 bits per heavy atom. The molecule has 2 saturated carbocycles. The van der Waals surface area contributed by atoms with Gasteiger partial charge >= 0.3 is 5.69 Å². The molecule has 120 valence electrons. The first kappa shape index (κ1) is 15.4. The second kappa shape index (κ2) is 6.32. The van der Waals surface area contributed by atoms with Gasteiger partial charge in [-0.2, -0.15) is 11.8 Å². The van der Waals surface area contributed by atoms with Crippen LogP contribution in [0.5, 0.6) is 0 Å². The van der Waals surface area contributed by atoms with Crippen molar-refractivity contribution < 1.29 is 4.79 Å². The summed E-state index contributed by atoms with van der Waals surface area (Å²) in [5.41, 5.74) is 4.73. The van der Waals surface area contributed by atoms with E-state index >= 15 is 0 Å². The second-order valence-corrected chi connectivity index (χ2v) is 7.40. The molecular formula is C15H21N3O3S. The normalized spacial score (nSPS) is 19.3. The Balaban J connectivity index is 1.78. The third kappa shape index (κ3) is 3.14. The topological polar surface area (TPSA) is 98.0 Å². The number of thioether (sulfide) groups is 1. The first-order valence-electron chi connectivity index (χ1n) is 7.87. The Morgan fingerprint density at radius 3 is 2.50 bits per heavy atom. The van der Waals surface area contributed by atoms with Gasteiger partial charge in [0, 0.05) is 11.3 Å². The van der Waals surface area contributed by atoms with E-state index in [1.54, 1.807) is 11.8 Å². The fraction of sp³-hybridized carbons (Fsp3) is 0.667. The maximum Gasteiger partial charge on any atom is 0.330 e. The van der Waals surface area contributed by atoms with E-state index in [2.05, 4.69) is 4.98 Å². The lowest BCUT2D eigenvalue weighted by atomic mass is 10.0. The Labute approximate surface area is 132 Å². The van der Waals surface area contributed by atoms with E-state index in [0.717, 1.165) is 25.7 Å². The van der Waals surface area contributed by atoms with Crippen LogP contribution in [0, 0.1) is 0 Å². The lowest BCUT2D eigenvalue weighted by molar-refractivity contribution is 0.102. The summed E-state index contributed by atoms with van der Waals surface area (Å²) in [6.07, 6.45) is 7.67. The number of hydrogen-bond donors (Lipinski definition) is 2. The molecule has 1 heterocycles. The van der Waals surface area contributed by atoms with Gasteiger partial charge in [0.2, 0.25) is 0 Å². The molecule has 0 unspecified atom stereocenters. The largest absolute Gasteiger partial charge is 0.384 e. The number of carbonyl (C=O) groups is 1. The zero-order chi connectivity index (χ0) is 15.7. The molecule has 0 amide bonds. The highest BCUT2D eigenvalue weighted by atomic mass is 32.2. The highest BCUT2D eigenvalue weighted by Gasteiger charge is 2.30. The Hall–Kier alpha value is -1.50. The Bertz CT molecular complexity index is 684. The molecule has 0 spiro atoms. The molecule has 0 aromatic carbocycles. The van der Waals surface area contributed by atoms with Gasteiger partial charge in [0.1, 0.15) is 11.4 Å². The fourth-order valence-corrected chi connectivity index (χ4v) is 4.23. The molecule has 0 saturated heterocycles. The predicted molar refractivity (Wildman–Crippen MR) is 87.7 cm³/mol. The maximum atomic E-state index is 12.4. The first-order valence-corrected chi connectivity index (χ1v) is 8.92. The predicted octanol–water partition coefficient (Wildman–Crippen LogP) is 1.70. The highest BCUT2D eigenvalue weighted by molar-refractivity contribution is 8.00. The summed E-state index contributed by atoms with van der Waals surface area (Å²) >= 11 is 1.61. The monoisotopic (exact) mass is 323 g/mol. The molecule has 0 bridgehead atoms. The number of nitrogens with one attached hydrogen (secondary N) is 1. The van der Waals surface area contributed by atoms with Crippen molar-refractivity contribution in [3.05, 3.63) is 26.4 Å². The van der Waals surface area contributed by atoms with Crippen LogP contribution in [-0.2, 0) is 0 Å². The van der Waals surface area contributed by atoms with Crippen LogP contribution in [0.1, 0.15) is 61.3 Å². The lowest BCUT2D eigenvalue weighted by Gasteiger charge is -2.20. The molecule has 0 aliphatic heterocycles. The minimum atomic E-state index is -0.659. The summed E-state index contributed by atoms with van der Waals surface area (Å²) in [5, 5.41) is 0.493. The third-order valence-electron chi connectivity index (χ3n) is 4.38. The summed E-state index contributed by atoms with van der Waals surface area (Å²) in [7, 11) is 0. The van der Waals surface area contributed by atoms with Gasteiger partial charge in [-0.05, 0) is 25.7 Å². The fourth-order valence-electron chi connectivity index (χ4n) is 3.03. The number of anilines is 1. The molecule has 3 N–H and O–H groups in total. The van der Waals surface area contributed by atoms with Gasteiger partial charge in [0.25, 0.3) is 5.56 Å². The van der Waals surface area contributed by atoms with Crippen molar-refractivity contribution in [2.75, 3.05) is 11.5 Å². The van der Waals surface area contributed by atoms with Crippen LogP contribution in [0.4, 0.5) is 5.82 Å². The number of ketones is 1. The summed E-state index contributed by atoms with van der Waals surface area (Å²) in [4.78, 5) is 38.4. The molecule has 2 aliphatic rings. The van der Waals surface area contributed by atoms with Gasteiger partial charge in [-0.3, -0.25) is 19.1 Å². The number of Topliss-reactive ketones (excluding diaryl/α,β-unsaturated/α-hetero) is 1. The van der Waals surface area contributed by atoms with Crippen LogP contribution in [0.25, 0.3) is 0 Å². The average molecular weight is 323 g/mol. The number of aromatic amines is 1. The lowest BCUT2D eigenvalue weighted by Crippen LogP contribution is -2.36. The smallest absolute Gasteiger partial charge is 0.330 e. The molecular weight excluding hydrogens is 302 g/mol. The number of aromatic nitrogens is 2. The molecule has 6 nitrogen and oxygen atoms in total. The van der Waals surface area contributed by atoms with E-state index in [4.69, 9.17) is 5.73 Å². The number of nitrogens with zero attached hydrogens (tertiary/aromatic N) is 1. The van der Waals surface area contributed by atoms with Crippen LogP contribution < -0.4 is 17.0 Å². The number of hydrogen-bond acceptors (Lipinski definition) is 5. The van der Waals surface area contributed by atoms with Crippen molar-refractivity contribution in [3.8, 4) is 0 Å². The molecule has 1 aromatic rings. The van der Waals surface area contributed by atoms with Crippen molar-refractivity contribution in [2.45, 2.75) is 56.2 Å². The molecule has 1 aromatic heterocycles. The summed E-state index contributed by atoms with van der Waals surface area (Å²) in [6, 6.07) is 0.0295. The number of nitrogen functional groups attached to an aromatic ring is 1. The van der Waals surface area contributed by atoms with Gasteiger partial charge in [0.05, 0.1) is 5.75 Å². The molecule has 0 radical (unpaired) electrons. The van der Waals surface area contributed by atoms with Gasteiger partial charge in [-0.15, -0.1) is 0 Å². The SMILES string of the molecule is Nc1c(C(=O)CSC2CCCCC2)c(=O)[nH]c(=O)n1C1CC1. The molecule has 2 aliphatic carbocycles. The summed E-state index contributed by atoms with van der Waals surface area (Å²) in [5.74, 6) is 0.00935. The van der Waals surface area contributed by atoms with Crippen molar-refractivity contribution in [2.24, 2.45) is 0 Å². The van der Waals surface area contributed by atoms with E-state index in [1.807, 2.05) is 0 Å². The second-order valence-electron chi connectivity index (χ2n) is 6.11. The van der Waals surface area contributed by atoms with Crippen molar-refractivity contribution in [1.29, 1.82) is 0 Å². The molecule has 7 heteroatoms. The van der Waals surface area contributed by atoms with E-state index in [9.17, 15) is 14.4 Å². The maximum absolute atomic E-state index is 12.4. The average Bonchev–Trinajstić information content (AvgIpc) is 3.30. The van der Waals surface area contributed by atoms with E-state index in [1.165, 1.54) is 23.8 Å². The van der Waals surface area contributed by atoms with E-state index < -0.39 is 11.2 Å². The first-order chi connectivity index (χ1) is 10.6. The van der Waals surface area contributed by atoms with Crippen LogP contribution in [-0.4, -0.2) is 26.3 Å². The Kier molecular flexibility index (Phi) is 4.42. The van der Waals surface area contributed by atoms with Crippen molar-refractivity contribution in [1.82, 2.24) is 9.55 Å². The van der Waals surface area contributed by atoms with Gasteiger partial charge in [-0.1, -0.05) is 19.3 Å². The molecule has 22 heavy (non-hydrogen) atoms. The van der Waals surface area contributed by atoms with Crippen molar-refractivity contribution >= 4 is 23.4 Å². The number of H-pyrrole nitrogens is 1. The summed E-state index contributed by atoms with van der Waals surface area (Å²) < 4.78 is 1.36. The zero-order valence-corrected chi connectivity index (χ0v) is 13.3. The van der Waals surface area contributed by atoms with Gasteiger partial charge in [-0.25, -0.2) is 4.79 Å². The van der Waals surface area contributed by atoms with E-state index in [-0.39, 0.29) is 29.0 Å². The van der Waals surface area contributed by atoms with Gasteiger partial charge in [0.15, 0.2) is 5.78 Å². The third-order valence-corrected chi connectivity index (χ3v) is 5.75. The van der Waals surface area contributed by atoms with Crippen LogP contribution in [0.2, 0.25) is 0 Å². The van der Waals surface area contributed by atoms with E-state index in [0.29, 0.717) is 5.25 Å². The zero-order valence-electron chi connectivity index (χ0n) is 12.5. The van der Waals surface area contributed by atoms with Crippen molar-refractivity contribution in [3.63, 3.8) is 0 Å². The quantitative estimate of drug-likeness (QED) is 0.804.